The Morgan fingerprint density at radius 1 is 0.951 bits per heavy atom. The van der Waals surface area contributed by atoms with Gasteiger partial charge < -0.3 is 15.0 Å². The summed E-state index contributed by atoms with van der Waals surface area (Å²) in [5, 5.41) is 3.46. The van der Waals surface area contributed by atoms with Crippen molar-refractivity contribution in [1.82, 2.24) is 10.2 Å². The number of nitrogens with one attached hydrogen (secondary N) is 1. The molecule has 3 aromatic rings. The average Bonchev–Trinajstić information content (AvgIpc) is 2.95. The van der Waals surface area contributed by atoms with Crippen LogP contribution in [-0.2, 0) is 26.2 Å². The predicted octanol–water partition coefficient (Wildman–Crippen LogP) is 5.49. The standard InChI is InChI=1S/C31H38ClN3O5S/c1-7-23(4)33-31(37)24(5)34(19-25-11-13-26(32)14-12-25)30(36)20-35(28-18-22(3)10-17-29(28)40-6)41(38,39)27-15-8-21(2)9-16-27/h8-18,23-24H,7,19-20H2,1-6H3,(H,33,37)/t23-,24+/m1/s1. The molecule has 0 unspecified atom stereocenters. The van der Waals surface area contributed by atoms with E-state index in [1.165, 1.54) is 24.1 Å². The molecule has 2 amide bonds. The van der Waals surface area contributed by atoms with Crippen LogP contribution in [-0.4, -0.2) is 50.9 Å². The smallest absolute Gasteiger partial charge is 0.264 e. The van der Waals surface area contributed by atoms with Gasteiger partial charge in [-0.3, -0.25) is 13.9 Å². The van der Waals surface area contributed by atoms with Crippen LogP contribution in [0.1, 0.15) is 43.9 Å². The van der Waals surface area contributed by atoms with Gasteiger partial charge in [0.05, 0.1) is 17.7 Å². The van der Waals surface area contributed by atoms with Crippen molar-refractivity contribution in [2.75, 3.05) is 18.0 Å². The lowest BCUT2D eigenvalue weighted by atomic mass is 10.1. The Bertz CT molecular complexity index is 1460. The minimum atomic E-state index is -4.21. The van der Waals surface area contributed by atoms with E-state index in [9.17, 15) is 18.0 Å². The number of halogens is 1. The molecule has 0 aliphatic carbocycles. The summed E-state index contributed by atoms with van der Waals surface area (Å²) in [4.78, 5) is 28.7. The number of ether oxygens (including phenoxy) is 1. The van der Waals surface area contributed by atoms with E-state index in [4.69, 9.17) is 16.3 Å². The summed E-state index contributed by atoms with van der Waals surface area (Å²) in [6.45, 7) is 8.69. The van der Waals surface area contributed by atoms with E-state index in [1.54, 1.807) is 61.5 Å². The third kappa shape index (κ3) is 8.01. The second kappa shape index (κ2) is 13.9. The van der Waals surface area contributed by atoms with E-state index < -0.39 is 28.5 Å². The largest absolute Gasteiger partial charge is 0.495 e. The molecule has 0 saturated carbocycles. The third-order valence-electron chi connectivity index (χ3n) is 6.93. The molecule has 1 N–H and O–H groups in total. The van der Waals surface area contributed by atoms with E-state index in [-0.39, 0.29) is 29.1 Å². The van der Waals surface area contributed by atoms with Crippen molar-refractivity contribution in [2.45, 2.75) is 64.6 Å². The van der Waals surface area contributed by atoms with E-state index >= 15 is 0 Å². The van der Waals surface area contributed by atoms with Crippen LogP contribution in [0.5, 0.6) is 5.75 Å². The van der Waals surface area contributed by atoms with Gasteiger partial charge in [0.2, 0.25) is 11.8 Å². The number of hydrogen-bond donors (Lipinski definition) is 1. The maximum Gasteiger partial charge on any atom is 0.264 e. The number of hydrogen-bond acceptors (Lipinski definition) is 5. The molecule has 8 nitrogen and oxygen atoms in total. The number of benzene rings is 3. The van der Waals surface area contributed by atoms with Crippen LogP contribution in [0.25, 0.3) is 0 Å². The molecule has 0 heterocycles. The van der Waals surface area contributed by atoms with Gasteiger partial charge >= 0.3 is 0 Å². The van der Waals surface area contributed by atoms with Gasteiger partial charge in [0, 0.05) is 17.6 Å². The zero-order valence-electron chi connectivity index (χ0n) is 24.3. The SMILES string of the molecule is CC[C@@H](C)NC(=O)[C@H](C)N(Cc1ccc(Cl)cc1)C(=O)CN(c1cc(C)ccc1OC)S(=O)(=O)c1ccc(C)cc1. The summed E-state index contributed by atoms with van der Waals surface area (Å²) < 4.78 is 34.7. The fraction of sp³-hybridized carbons (Fsp3) is 0.355. The van der Waals surface area contributed by atoms with Gasteiger partial charge in [0.1, 0.15) is 18.3 Å². The highest BCUT2D eigenvalue weighted by Crippen LogP contribution is 2.34. The number of sulfonamides is 1. The molecule has 10 heteroatoms. The van der Waals surface area contributed by atoms with Gasteiger partial charge in [-0.05, 0) is 81.6 Å². The summed E-state index contributed by atoms with van der Waals surface area (Å²) in [7, 11) is -2.76. The van der Waals surface area contributed by atoms with Gasteiger partial charge in [-0.15, -0.1) is 0 Å². The molecule has 0 aliphatic heterocycles. The summed E-state index contributed by atoms with van der Waals surface area (Å²) in [5.74, 6) is -0.584. The van der Waals surface area contributed by atoms with Crippen LogP contribution in [0.4, 0.5) is 5.69 Å². The molecule has 0 fully saturated rings. The van der Waals surface area contributed by atoms with Crippen molar-refractivity contribution >= 4 is 39.1 Å². The second-order valence-electron chi connectivity index (χ2n) is 10.1. The molecule has 3 rings (SSSR count). The summed E-state index contributed by atoms with van der Waals surface area (Å²) in [5.41, 5.74) is 2.66. The van der Waals surface area contributed by atoms with Crippen molar-refractivity contribution < 1.29 is 22.7 Å². The Balaban J connectivity index is 2.09. The fourth-order valence-electron chi connectivity index (χ4n) is 4.18. The number of nitrogens with zero attached hydrogens (tertiary/aromatic N) is 2. The molecule has 0 aliphatic rings. The Hall–Kier alpha value is -3.56. The van der Waals surface area contributed by atoms with Gasteiger partial charge in [-0.2, -0.15) is 0 Å². The van der Waals surface area contributed by atoms with Crippen LogP contribution in [0.15, 0.2) is 71.6 Å². The highest BCUT2D eigenvalue weighted by molar-refractivity contribution is 7.92. The molecule has 0 spiro atoms. The first-order valence-corrected chi connectivity index (χ1v) is 15.3. The summed E-state index contributed by atoms with van der Waals surface area (Å²) >= 11 is 6.06. The van der Waals surface area contributed by atoms with Crippen LogP contribution in [0.2, 0.25) is 5.02 Å². The quantitative estimate of drug-likeness (QED) is 0.297. The average molecular weight is 600 g/mol. The second-order valence-corrected chi connectivity index (χ2v) is 12.4. The van der Waals surface area contributed by atoms with E-state index in [0.29, 0.717) is 10.8 Å². The highest BCUT2D eigenvalue weighted by atomic mass is 35.5. The number of carbonyl (C=O) groups excluding carboxylic acids is 2. The van der Waals surface area contributed by atoms with E-state index in [2.05, 4.69) is 5.32 Å². The highest BCUT2D eigenvalue weighted by Gasteiger charge is 2.34. The monoisotopic (exact) mass is 599 g/mol. The van der Waals surface area contributed by atoms with Crippen LogP contribution in [0, 0.1) is 13.8 Å². The molecule has 2 atom stereocenters. The van der Waals surface area contributed by atoms with Crippen LogP contribution in [0.3, 0.4) is 0 Å². The molecule has 0 saturated heterocycles. The molecule has 0 bridgehead atoms. The lowest BCUT2D eigenvalue weighted by Crippen LogP contribution is -2.52. The normalized spacial score (nSPS) is 12.8. The maximum absolute atomic E-state index is 14.1. The van der Waals surface area contributed by atoms with E-state index in [1.807, 2.05) is 27.7 Å². The number of methoxy groups -OCH3 is 1. The van der Waals surface area contributed by atoms with Crippen molar-refractivity contribution in [2.24, 2.45) is 0 Å². The zero-order chi connectivity index (χ0) is 30.3. The molecule has 0 aromatic heterocycles. The molecule has 3 aromatic carbocycles. The minimum absolute atomic E-state index is 0.0336. The predicted molar refractivity (Wildman–Crippen MR) is 163 cm³/mol. The molecule has 220 valence electrons. The van der Waals surface area contributed by atoms with Crippen LogP contribution >= 0.6 is 11.6 Å². The number of rotatable bonds is 12. The Labute approximate surface area is 248 Å². The molecule has 0 radical (unpaired) electrons. The summed E-state index contributed by atoms with van der Waals surface area (Å²) in [6, 6.07) is 17.5. The van der Waals surface area contributed by atoms with Gasteiger partial charge in [-0.25, -0.2) is 8.42 Å². The Kier molecular flexibility index (Phi) is 10.8. The summed E-state index contributed by atoms with van der Waals surface area (Å²) in [6.07, 6.45) is 0.722. The van der Waals surface area contributed by atoms with Crippen molar-refractivity contribution in [1.29, 1.82) is 0 Å². The number of amides is 2. The number of aryl methyl sites for hydroxylation is 2. The first-order chi connectivity index (χ1) is 19.4. The maximum atomic E-state index is 14.1. The Morgan fingerprint density at radius 3 is 2.15 bits per heavy atom. The molecule has 41 heavy (non-hydrogen) atoms. The molecular formula is C31H38ClN3O5S. The van der Waals surface area contributed by atoms with Gasteiger partial charge in [0.15, 0.2) is 0 Å². The van der Waals surface area contributed by atoms with Gasteiger partial charge in [0.25, 0.3) is 10.0 Å². The van der Waals surface area contributed by atoms with Crippen molar-refractivity contribution in [3.8, 4) is 5.75 Å². The lowest BCUT2D eigenvalue weighted by molar-refractivity contribution is -0.139. The first kappa shape index (κ1) is 32.0. The number of carbonyl (C=O) groups is 2. The fourth-order valence-corrected chi connectivity index (χ4v) is 5.72. The first-order valence-electron chi connectivity index (χ1n) is 13.5. The molecular weight excluding hydrogens is 562 g/mol. The van der Waals surface area contributed by atoms with Gasteiger partial charge in [-0.1, -0.05) is 54.4 Å². The van der Waals surface area contributed by atoms with Crippen molar-refractivity contribution in [3.63, 3.8) is 0 Å². The Morgan fingerprint density at radius 2 is 1.56 bits per heavy atom. The zero-order valence-corrected chi connectivity index (χ0v) is 25.9. The lowest BCUT2D eigenvalue weighted by Gasteiger charge is -2.33. The topological polar surface area (TPSA) is 96.0 Å². The van der Waals surface area contributed by atoms with E-state index in [0.717, 1.165) is 27.4 Å². The number of anilines is 1. The third-order valence-corrected chi connectivity index (χ3v) is 8.95. The van der Waals surface area contributed by atoms with Crippen molar-refractivity contribution in [3.05, 3.63) is 88.4 Å². The van der Waals surface area contributed by atoms with Crippen LogP contribution < -0.4 is 14.4 Å². The minimum Gasteiger partial charge on any atom is -0.495 e.